The van der Waals surface area contributed by atoms with Crippen molar-refractivity contribution >= 4 is 29.2 Å². The summed E-state index contributed by atoms with van der Waals surface area (Å²) in [5, 5.41) is 6.01. The molecule has 204 valence electrons. The lowest BCUT2D eigenvalue weighted by Crippen LogP contribution is -2.53. The van der Waals surface area contributed by atoms with Crippen molar-refractivity contribution in [2.45, 2.75) is 71.1 Å². The maximum atomic E-state index is 13.7. The quantitative estimate of drug-likeness (QED) is 0.496. The summed E-state index contributed by atoms with van der Waals surface area (Å²) in [6.07, 6.45) is 1.69. The lowest BCUT2D eigenvalue weighted by Gasteiger charge is -2.30. The summed E-state index contributed by atoms with van der Waals surface area (Å²) < 4.78 is 0. The minimum absolute atomic E-state index is 0.0215. The highest BCUT2D eigenvalue weighted by Crippen LogP contribution is 2.31. The van der Waals surface area contributed by atoms with Gasteiger partial charge in [-0.1, -0.05) is 27.7 Å². The Morgan fingerprint density at radius 2 is 1.51 bits per heavy atom. The number of nitrogens with one attached hydrogen (secondary N) is 2. The molecule has 9 nitrogen and oxygen atoms in total. The zero-order chi connectivity index (χ0) is 27.4. The number of fused-ring (bicyclic) bond motifs is 1. The second kappa shape index (κ2) is 12.1. The van der Waals surface area contributed by atoms with Gasteiger partial charge in [0.15, 0.2) is 5.78 Å². The van der Waals surface area contributed by atoms with Crippen LogP contribution in [0.5, 0.6) is 0 Å². The van der Waals surface area contributed by atoms with Gasteiger partial charge >= 0.3 is 0 Å². The third kappa shape index (κ3) is 6.50. The van der Waals surface area contributed by atoms with Crippen molar-refractivity contribution in [3.63, 3.8) is 0 Å². The van der Waals surface area contributed by atoms with Crippen LogP contribution in [0.2, 0.25) is 0 Å². The third-order valence-electron chi connectivity index (χ3n) is 7.30. The van der Waals surface area contributed by atoms with E-state index < -0.39 is 12.1 Å². The van der Waals surface area contributed by atoms with Crippen LogP contribution in [-0.2, 0) is 14.4 Å². The predicted molar refractivity (Wildman–Crippen MR) is 144 cm³/mol. The number of hydrogen-bond donors (Lipinski definition) is 2. The van der Waals surface area contributed by atoms with Gasteiger partial charge in [0.05, 0.1) is 18.6 Å². The molecule has 0 spiro atoms. The topological polar surface area (TPSA) is 102 Å². The summed E-state index contributed by atoms with van der Waals surface area (Å²) in [5.41, 5.74) is 1.45. The summed E-state index contributed by atoms with van der Waals surface area (Å²) in [5.74, 6) is -0.281. The highest BCUT2D eigenvalue weighted by molar-refractivity contribution is 6.01. The van der Waals surface area contributed by atoms with E-state index in [2.05, 4.69) is 24.5 Å². The molecule has 0 bridgehead atoms. The molecule has 1 aromatic carbocycles. The number of ketones is 1. The molecule has 1 aromatic rings. The van der Waals surface area contributed by atoms with Crippen LogP contribution in [0.15, 0.2) is 24.3 Å². The fourth-order valence-electron chi connectivity index (χ4n) is 5.42. The summed E-state index contributed by atoms with van der Waals surface area (Å²) in [7, 11) is 5.62. The van der Waals surface area contributed by atoms with Gasteiger partial charge in [-0.05, 0) is 62.4 Å². The van der Waals surface area contributed by atoms with E-state index in [0.717, 1.165) is 5.69 Å². The number of amides is 3. The van der Waals surface area contributed by atoms with E-state index >= 15 is 0 Å². The fourth-order valence-corrected chi connectivity index (χ4v) is 5.42. The van der Waals surface area contributed by atoms with Crippen molar-refractivity contribution in [2.24, 2.45) is 11.8 Å². The van der Waals surface area contributed by atoms with Crippen LogP contribution in [0, 0.1) is 11.8 Å². The Kier molecular flexibility index (Phi) is 9.34. The molecule has 2 saturated heterocycles. The number of likely N-dealkylation sites (tertiary alicyclic amines) is 2. The molecule has 2 N–H and O–H groups in total. The average Bonchev–Trinajstić information content (AvgIpc) is 3.42. The van der Waals surface area contributed by atoms with Crippen LogP contribution in [0.4, 0.5) is 5.69 Å². The minimum atomic E-state index is -0.747. The smallest absolute Gasteiger partial charge is 0.251 e. The fraction of sp³-hybridized carbons (Fsp3) is 0.643. The first-order valence-corrected chi connectivity index (χ1v) is 13.3. The number of rotatable bonds is 10. The summed E-state index contributed by atoms with van der Waals surface area (Å²) >= 11 is 0. The maximum absolute atomic E-state index is 13.7. The monoisotopic (exact) mass is 513 g/mol. The first kappa shape index (κ1) is 28.6. The maximum Gasteiger partial charge on any atom is 0.251 e. The van der Waals surface area contributed by atoms with E-state index in [1.165, 1.54) is 0 Å². The van der Waals surface area contributed by atoms with Gasteiger partial charge in [-0.3, -0.25) is 19.2 Å². The summed E-state index contributed by atoms with van der Waals surface area (Å²) in [6.45, 7) is 8.53. The Balaban J connectivity index is 1.75. The predicted octanol–water partition coefficient (Wildman–Crippen LogP) is 1.91. The first-order valence-electron chi connectivity index (χ1n) is 13.3. The van der Waals surface area contributed by atoms with Gasteiger partial charge in [0.1, 0.15) is 12.1 Å². The van der Waals surface area contributed by atoms with Gasteiger partial charge in [0, 0.05) is 31.9 Å². The van der Waals surface area contributed by atoms with Crippen LogP contribution < -0.4 is 15.5 Å². The molecule has 4 atom stereocenters. The molecular formula is C28H43N5O4. The Bertz CT molecular complexity index is 991. The molecule has 3 rings (SSSR count). The van der Waals surface area contributed by atoms with Crippen molar-refractivity contribution in [1.82, 2.24) is 20.4 Å². The molecule has 1 unspecified atom stereocenters. The molecule has 0 aromatic heterocycles. The van der Waals surface area contributed by atoms with E-state index in [0.29, 0.717) is 37.3 Å². The number of Topliss-reactive ketones (excluding diaryl/α,β-unsaturated/α-hetero) is 1. The number of benzene rings is 1. The molecular weight excluding hydrogens is 470 g/mol. The Morgan fingerprint density at radius 1 is 0.946 bits per heavy atom. The van der Waals surface area contributed by atoms with Crippen molar-refractivity contribution in [3.05, 3.63) is 29.8 Å². The molecule has 0 aliphatic carbocycles. The van der Waals surface area contributed by atoms with E-state index in [1.807, 2.05) is 45.0 Å². The molecule has 2 aliphatic rings. The molecule has 3 amide bonds. The van der Waals surface area contributed by atoms with Crippen molar-refractivity contribution < 1.29 is 19.2 Å². The van der Waals surface area contributed by atoms with E-state index in [4.69, 9.17) is 0 Å². The average molecular weight is 514 g/mol. The SMILES string of the molecule is CN[C@@H](CC(C)C)C(=O)N1CC(=O)[C@@H]2C1CCN2C(=O)[C@H](CC(C)C)NC(=O)c1ccc(N(C)C)cc1. The molecule has 9 heteroatoms. The highest BCUT2D eigenvalue weighted by atomic mass is 16.2. The molecule has 2 heterocycles. The normalized spacial score (nSPS) is 20.8. The van der Waals surface area contributed by atoms with Crippen molar-refractivity contribution in [2.75, 3.05) is 39.1 Å². The van der Waals surface area contributed by atoms with Gasteiger partial charge in [-0.15, -0.1) is 0 Å². The number of anilines is 1. The van der Waals surface area contributed by atoms with Crippen LogP contribution in [0.1, 0.15) is 57.3 Å². The van der Waals surface area contributed by atoms with Crippen LogP contribution in [0.25, 0.3) is 0 Å². The highest BCUT2D eigenvalue weighted by Gasteiger charge is 2.52. The second-order valence-electron chi connectivity index (χ2n) is 11.3. The lowest BCUT2D eigenvalue weighted by atomic mass is 10.0. The van der Waals surface area contributed by atoms with Gasteiger partial charge in [0.2, 0.25) is 11.8 Å². The van der Waals surface area contributed by atoms with Gasteiger partial charge in [0.25, 0.3) is 5.91 Å². The molecule has 0 radical (unpaired) electrons. The van der Waals surface area contributed by atoms with E-state index in [1.54, 1.807) is 29.0 Å². The number of nitrogens with zero attached hydrogens (tertiary/aromatic N) is 3. The zero-order valence-corrected chi connectivity index (χ0v) is 23.3. The van der Waals surface area contributed by atoms with Gasteiger partial charge in [-0.25, -0.2) is 0 Å². The van der Waals surface area contributed by atoms with E-state index in [-0.39, 0.29) is 48.1 Å². The van der Waals surface area contributed by atoms with Crippen LogP contribution in [-0.4, -0.2) is 91.7 Å². The summed E-state index contributed by atoms with van der Waals surface area (Å²) in [4.78, 5) is 58.3. The van der Waals surface area contributed by atoms with Gasteiger partial charge < -0.3 is 25.3 Å². The number of likely N-dealkylation sites (N-methyl/N-ethyl adjacent to an activating group) is 1. The van der Waals surface area contributed by atoms with Crippen molar-refractivity contribution in [3.8, 4) is 0 Å². The van der Waals surface area contributed by atoms with E-state index in [9.17, 15) is 19.2 Å². The Hall–Kier alpha value is -2.94. The molecule has 0 saturated carbocycles. The summed E-state index contributed by atoms with van der Waals surface area (Å²) in [6, 6.07) is 5.13. The number of hydrogen-bond acceptors (Lipinski definition) is 6. The minimum Gasteiger partial charge on any atom is -0.378 e. The first-order chi connectivity index (χ1) is 17.4. The molecule has 2 fully saturated rings. The molecule has 37 heavy (non-hydrogen) atoms. The number of carbonyl (C=O) groups is 4. The standard InChI is InChI=1S/C28H43N5O4/c1-17(2)14-21(29-5)27(36)33-16-24(34)25-23(33)12-13-32(25)28(37)22(15-18(3)4)30-26(35)19-8-10-20(11-9-19)31(6)7/h8-11,17-18,21-23,25,29H,12-16H2,1-7H3,(H,30,35)/t21-,22-,23?,25-/m0/s1. The van der Waals surface area contributed by atoms with Crippen LogP contribution >= 0.6 is 0 Å². The number of carbonyl (C=O) groups excluding carboxylic acids is 4. The zero-order valence-electron chi connectivity index (χ0n) is 23.3. The second-order valence-corrected chi connectivity index (χ2v) is 11.3. The Labute approximate surface area is 220 Å². The Morgan fingerprint density at radius 3 is 2.05 bits per heavy atom. The van der Waals surface area contributed by atoms with Crippen LogP contribution in [0.3, 0.4) is 0 Å². The third-order valence-corrected chi connectivity index (χ3v) is 7.30. The largest absolute Gasteiger partial charge is 0.378 e. The lowest BCUT2D eigenvalue weighted by molar-refractivity contribution is -0.138. The van der Waals surface area contributed by atoms with Crippen molar-refractivity contribution in [1.29, 1.82) is 0 Å². The van der Waals surface area contributed by atoms with Gasteiger partial charge in [-0.2, -0.15) is 0 Å². The molecule has 2 aliphatic heterocycles.